The van der Waals surface area contributed by atoms with Crippen molar-refractivity contribution in [3.8, 4) is 0 Å². The first-order chi connectivity index (χ1) is 7.69. The van der Waals surface area contributed by atoms with Crippen LogP contribution in [0.4, 0.5) is 28.9 Å². The van der Waals surface area contributed by atoms with Gasteiger partial charge in [-0.25, -0.2) is 4.39 Å². The number of halogens is 4. The standard InChI is InChI=1S/C11H14F4N2/c1-7(2)17(6-11(13,14)15)10-4-8(12)3-9(16)5-10/h3-5,7H,6,16H2,1-2H3. The summed E-state index contributed by atoms with van der Waals surface area (Å²) in [6, 6.07) is 3.03. The van der Waals surface area contributed by atoms with E-state index in [0.717, 1.165) is 17.0 Å². The number of nitrogens with two attached hydrogens (primary N) is 1. The molecule has 1 rings (SSSR count). The van der Waals surface area contributed by atoms with Crippen LogP contribution in [0.3, 0.4) is 0 Å². The third-order valence-corrected chi connectivity index (χ3v) is 2.21. The van der Waals surface area contributed by atoms with E-state index in [1.165, 1.54) is 6.07 Å². The lowest BCUT2D eigenvalue weighted by molar-refractivity contribution is -0.120. The highest BCUT2D eigenvalue weighted by Gasteiger charge is 2.32. The van der Waals surface area contributed by atoms with Crippen LogP contribution in [-0.2, 0) is 0 Å². The molecule has 0 spiro atoms. The van der Waals surface area contributed by atoms with Crippen LogP contribution in [0.25, 0.3) is 0 Å². The van der Waals surface area contributed by atoms with Crippen LogP contribution < -0.4 is 10.6 Å². The number of hydrogen-bond donors (Lipinski definition) is 1. The Balaban J connectivity index is 3.05. The Bertz CT molecular complexity index is 367. The molecular weight excluding hydrogens is 236 g/mol. The molecule has 0 unspecified atom stereocenters. The zero-order chi connectivity index (χ0) is 13.2. The highest BCUT2D eigenvalue weighted by atomic mass is 19.4. The quantitative estimate of drug-likeness (QED) is 0.659. The summed E-state index contributed by atoms with van der Waals surface area (Å²) in [7, 11) is 0. The van der Waals surface area contributed by atoms with Gasteiger partial charge in [-0.15, -0.1) is 0 Å². The van der Waals surface area contributed by atoms with E-state index >= 15 is 0 Å². The predicted octanol–water partition coefficient (Wildman–Crippen LogP) is 3.19. The van der Waals surface area contributed by atoms with Gasteiger partial charge in [0.2, 0.25) is 0 Å². The van der Waals surface area contributed by atoms with E-state index in [4.69, 9.17) is 5.73 Å². The molecule has 0 aliphatic carbocycles. The Morgan fingerprint density at radius 1 is 1.24 bits per heavy atom. The smallest absolute Gasteiger partial charge is 0.399 e. The summed E-state index contributed by atoms with van der Waals surface area (Å²) >= 11 is 0. The first-order valence-electron chi connectivity index (χ1n) is 5.08. The topological polar surface area (TPSA) is 29.3 Å². The highest BCUT2D eigenvalue weighted by Crippen LogP contribution is 2.26. The summed E-state index contributed by atoms with van der Waals surface area (Å²) in [5, 5.41) is 0. The van der Waals surface area contributed by atoms with Gasteiger partial charge in [0.05, 0.1) is 0 Å². The summed E-state index contributed by atoms with van der Waals surface area (Å²) in [5.74, 6) is -0.646. The van der Waals surface area contributed by atoms with Crippen LogP contribution in [-0.4, -0.2) is 18.8 Å². The van der Waals surface area contributed by atoms with Gasteiger partial charge >= 0.3 is 6.18 Å². The van der Waals surface area contributed by atoms with Crippen LogP contribution in [0.15, 0.2) is 18.2 Å². The summed E-state index contributed by atoms with van der Waals surface area (Å²) in [4.78, 5) is 1.06. The van der Waals surface area contributed by atoms with E-state index in [0.29, 0.717) is 0 Å². The normalized spacial score (nSPS) is 11.9. The molecule has 0 fully saturated rings. The van der Waals surface area contributed by atoms with E-state index in [1.54, 1.807) is 13.8 Å². The van der Waals surface area contributed by atoms with Crippen LogP contribution in [0.1, 0.15) is 13.8 Å². The molecule has 0 saturated heterocycles. The molecule has 6 heteroatoms. The second kappa shape index (κ2) is 4.81. The molecule has 2 nitrogen and oxygen atoms in total. The molecule has 0 aromatic heterocycles. The van der Waals surface area contributed by atoms with Gasteiger partial charge in [0.1, 0.15) is 12.4 Å². The van der Waals surface area contributed by atoms with Gasteiger partial charge < -0.3 is 10.6 Å². The maximum Gasteiger partial charge on any atom is 0.405 e. The maximum absolute atomic E-state index is 13.1. The van der Waals surface area contributed by atoms with Crippen LogP contribution >= 0.6 is 0 Å². The van der Waals surface area contributed by atoms with Crippen LogP contribution in [0.5, 0.6) is 0 Å². The van der Waals surface area contributed by atoms with E-state index in [1.807, 2.05) is 0 Å². The number of nitrogen functional groups attached to an aromatic ring is 1. The van der Waals surface area contributed by atoms with Gasteiger partial charge in [-0.3, -0.25) is 0 Å². The molecule has 1 aromatic carbocycles. The monoisotopic (exact) mass is 250 g/mol. The molecule has 17 heavy (non-hydrogen) atoms. The first kappa shape index (κ1) is 13.6. The Kier molecular flexibility index (Phi) is 3.85. The summed E-state index contributed by atoms with van der Waals surface area (Å²) in [6.45, 7) is 2.08. The lowest BCUT2D eigenvalue weighted by Gasteiger charge is -2.30. The Hall–Kier alpha value is -1.46. The zero-order valence-electron chi connectivity index (χ0n) is 9.55. The largest absolute Gasteiger partial charge is 0.405 e. The van der Waals surface area contributed by atoms with Gasteiger partial charge in [-0.05, 0) is 32.0 Å². The highest BCUT2D eigenvalue weighted by molar-refractivity contribution is 5.57. The van der Waals surface area contributed by atoms with Crippen molar-refractivity contribution in [2.75, 3.05) is 17.2 Å². The first-order valence-corrected chi connectivity index (χ1v) is 5.08. The molecule has 0 aliphatic rings. The Morgan fingerprint density at radius 2 is 1.82 bits per heavy atom. The van der Waals surface area contributed by atoms with Crippen molar-refractivity contribution in [1.29, 1.82) is 0 Å². The van der Waals surface area contributed by atoms with Crippen LogP contribution in [0.2, 0.25) is 0 Å². The molecule has 2 N–H and O–H groups in total. The average molecular weight is 250 g/mol. The van der Waals surface area contributed by atoms with Gasteiger partial charge in [-0.2, -0.15) is 13.2 Å². The van der Waals surface area contributed by atoms with Crippen molar-refractivity contribution in [2.45, 2.75) is 26.1 Å². The molecule has 0 radical (unpaired) electrons. The molecule has 0 aliphatic heterocycles. The zero-order valence-corrected chi connectivity index (χ0v) is 9.55. The fourth-order valence-corrected chi connectivity index (χ4v) is 1.53. The van der Waals surface area contributed by atoms with Gasteiger partial charge in [0.25, 0.3) is 0 Å². The fraction of sp³-hybridized carbons (Fsp3) is 0.455. The molecule has 0 amide bonds. The summed E-state index contributed by atoms with van der Waals surface area (Å²) in [6.07, 6.45) is -4.34. The van der Waals surface area contributed by atoms with Crippen molar-refractivity contribution in [3.63, 3.8) is 0 Å². The number of hydrogen-bond acceptors (Lipinski definition) is 2. The minimum absolute atomic E-state index is 0.104. The SMILES string of the molecule is CC(C)N(CC(F)(F)F)c1cc(N)cc(F)c1. The number of nitrogens with zero attached hydrogens (tertiary/aromatic N) is 1. The van der Waals surface area contributed by atoms with E-state index < -0.39 is 24.6 Å². The lowest BCUT2D eigenvalue weighted by Crippen LogP contribution is -2.39. The van der Waals surface area contributed by atoms with Crippen molar-refractivity contribution < 1.29 is 17.6 Å². The summed E-state index contributed by atoms with van der Waals surface area (Å²) in [5.41, 5.74) is 5.65. The van der Waals surface area contributed by atoms with Gasteiger partial charge in [0, 0.05) is 17.4 Å². The van der Waals surface area contributed by atoms with Crippen molar-refractivity contribution in [1.82, 2.24) is 0 Å². The van der Waals surface area contributed by atoms with Gasteiger partial charge in [-0.1, -0.05) is 0 Å². The van der Waals surface area contributed by atoms with E-state index in [-0.39, 0.29) is 11.4 Å². The van der Waals surface area contributed by atoms with Crippen molar-refractivity contribution in [3.05, 3.63) is 24.0 Å². The third-order valence-electron chi connectivity index (χ3n) is 2.21. The third kappa shape index (κ3) is 4.13. The number of benzene rings is 1. The van der Waals surface area contributed by atoms with E-state index in [9.17, 15) is 17.6 Å². The maximum atomic E-state index is 13.1. The van der Waals surface area contributed by atoms with Gasteiger partial charge in [0.15, 0.2) is 0 Å². The minimum atomic E-state index is -4.34. The average Bonchev–Trinajstić information content (AvgIpc) is 2.10. The Labute approximate surface area is 97.0 Å². The molecular formula is C11H14F4N2. The molecule has 0 heterocycles. The second-order valence-corrected chi connectivity index (χ2v) is 4.08. The summed E-state index contributed by atoms with van der Waals surface area (Å²) < 4.78 is 50.3. The molecule has 0 saturated carbocycles. The number of alkyl halides is 3. The fourth-order valence-electron chi connectivity index (χ4n) is 1.53. The predicted molar refractivity (Wildman–Crippen MR) is 59.3 cm³/mol. The number of anilines is 2. The van der Waals surface area contributed by atoms with Crippen LogP contribution in [0, 0.1) is 5.82 Å². The second-order valence-electron chi connectivity index (χ2n) is 4.08. The van der Waals surface area contributed by atoms with E-state index in [2.05, 4.69) is 0 Å². The Morgan fingerprint density at radius 3 is 2.24 bits per heavy atom. The molecule has 0 atom stereocenters. The minimum Gasteiger partial charge on any atom is -0.399 e. The van der Waals surface area contributed by atoms with Crippen molar-refractivity contribution >= 4 is 11.4 Å². The van der Waals surface area contributed by atoms with Crippen molar-refractivity contribution in [2.24, 2.45) is 0 Å². The molecule has 96 valence electrons. The molecule has 1 aromatic rings. The molecule has 0 bridgehead atoms. The number of rotatable bonds is 3. The lowest BCUT2D eigenvalue weighted by atomic mass is 10.2.